The minimum Gasteiger partial charge on any atom is -0.494 e. The van der Waals surface area contributed by atoms with Crippen LogP contribution in [0.2, 0.25) is 0 Å². The van der Waals surface area contributed by atoms with Gasteiger partial charge in [-0.3, -0.25) is 9.59 Å². The lowest BCUT2D eigenvalue weighted by Gasteiger charge is -2.12. The number of carboxylic acid groups (broad SMARTS) is 1. The number of carbonyl (C=O) groups excluding carboxylic acids is 1. The van der Waals surface area contributed by atoms with Crippen LogP contribution in [0.5, 0.6) is 5.75 Å². The molecule has 14 nitrogen and oxygen atoms in total. The minimum atomic E-state index is -0.873. The van der Waals surface area contributed by atoms with Gasteiger partial charge < -0.3 is 40.4 Å². The highest BCUT2D eigenvalue weighted by Gasteiger charge is 2.14. The van der Waals surface area contributed by atoms with Crippen LogP contribution in [0.25, 0.3) is 5.70 Å². The number of ether oxygens (including phenoxy) is 4. The van der Waals surface area contributed by atoms with Crippen molar-refractivity contribution in [2.75, 3.05) is 65.2 Å². The molecule has 0 aliphatic carbocycles. The molecule has 0 radical (unpaired) electrons. The van der Waals surface area contributed by atoms with Gasteiger partial charge in [-0.25, -0.2) is 14.5 Å². The summed E-state index contributed by atoms with van der Waals surface area (Å²) in [6.07, 6.45) is 6.90. The molecule has 268 valence electrons. The number of nitrogens with one attached hydrogen (secondary N) is 3. The Kier molecular flexibility index (Phi) is 17.6. The number of carboxylic acids is 1. The molecule has 0 aliphatic heterocycles. The Labute approximate surface area is 292 Å². The van der Waals surface area contributed by atoms with E-state index in [0.717, 1.165) is 37.0 Å². The van der Waals surface area contributed by atoms with Crippen LogP contribution < -0.4 is 21.1 Å². The summed E-state index contributed by atoms with van der Waals surface area (Å²) in [6.45, 7) is 7.55. The van der Waals surface area contributed by atoms with Crippen LogP contribution in [0.15, 0.2) is 73.7 Å². The fourth-order valence-electron chi connectivity index (χ4n) is 4.41. The molecule has 1 amide bonds. The number of amides is 1. The van der Waals surface area contributed by atoms with Crippen molar-refractivity contribution in [1.82, 2.24) is 15.3 Å². The largest absolute Gasteiger partial charge is 0.494 e. The predicted octanol–water partition coefficient (Wildman–Crippen LogP) is 3.78. The third-order valence-electron chi connectivity index (χ3n) is 7.31. The molecule has 0 fully saturated rings. The van der Waals surface area contributed by atoms with E-state index in [2.05, 4.69) is 27.2 Å². The predicted molar refractivity (Wildman–Crippen MR) is 191 cm³/mol. The molecule has 0 saturated carbocycles. The molecule has 0 aliphatic rings. The van der Waals surface area contributed by atoms with Gasteiger partial charge in [0, 0.05) is 29.8 Å². The van der Waals surface area contributed by atoms with Crippen molar-refractivity contribution in [2.24, 2.45) is 5.73 Å². The van der Waals surface area contributed by atoms with Crippen molar-refractivity contribution < 1.29 is 38.2 Å². The first kappa shape index (κ1) is 39.3. The normalized spacial score (nSPS) is 11.4. The number of rotatable bonds is 24. The Bertz CT molecular complexity index is 1550. The van der Waals surface area contributed by atoms with Crippen LogP contribution in [-0.2, 0) is 19.0 Å². The van der Waals surface area contributed by atoms with Crippen LogP contribution in [0, 0.1) is 5.41 Å². The summed E-state index contributed by atoms with van der Waals surface area (Å²) in [5.41, 5.74) is 9.04. The zero-order chi connectivity index (χ0) is 36.0. The number of unbranched alkanes of at least 4 members (excludes halogenated alkanes) is 3. The van der Waals surface area contributed by atoms with Crippen LogP contribution in [0.1, 0.15) is 53.7 Å². The van der Waals surface area contributed by atoms with E-state index in [-0.39, 0.29) is 31.3 Å². The fourth-order valence-corrected chi connectivity index (χ4v) is 4.41. The highest BCUT2D eigenvalue weighted by molar-refractivity contribution is 6.00. The lowest BCUT2D eigenvalue weighted by molar-refractivity contribution is -0.373. The summed E-state index contributed by atoms with van der Waals surface area (Å²) in [4.78, 5) is 31.3. The van der Waals surface area contributed by atoms with Crippen molar-refractivity contribution >= 4 is 34.9 Å². The SMILES string of the molecule is C=C(NC(=O)c1cccc(NCC(N)=[N+](C)C(=N)c2ccncn2)c1)c1ccc(OCCCCCCOCCOCCOCCC(=O)O)cc1. The van der Waals surface area contributed by atoms with E-state index in [1.165, 1.54) is 10.9 Å². The summed E-state index contributed by atoms with van der Waals surface area (Å²) in [5, 5.41) is 22.9. The first-order chi connectivity index (χ1) is 24.2. The first-order valence-corrected chi connectivity index (χ1v) is 16.5. The van der Waals surface area contributed by atoms with Crippen molar-refractivity contribution in [3.63, 3.8) is 0 Å². The Balaban J connectivity index is 1.28. The Morgan fingerprint density at radius 1 is 0.900 bits per heavy atom. The van der Waals surface area contributed by atoms with Gasteiger partial charge in [-0.15, -0.1) is 0 Å². The average Bonchev–Trinajstić information content (AvgIpc) is 3.13. The van der Waals surface area contributed by atoms with Gasteiger partial charge >= 0.3 is 5.97 Å². The van der Waals surface area contributed by atoms with Crippen LogP contribution in [-0.4, -0.2) is 103 Å². The zero-order valence-corrected chi connectivity index (χ0v) is 28.6. The van der Waals surface area contributed by atoms with Crippen molar-refractivity contribution in [3.8, 4) is 5.75 Å². The van der Waals surface area contributed by atoms with E-state index in [0.29, 0.717) is 68.1 Å². The van der Waals surface area contributed by atoms with Crippen LogP contribution in [0.3, 0.4) is 0 Å². The highest BCUT2D eigenvalue weighted by atomic mass is 16.5. The quantitative estimate of drug-likeness (QED) is 0.0398. The van der Waals surface area contributed by atoms with E-state index in [1.54, 1.807) is 37.5 Å². The molecule has 1 heterocycles. The lowest BCUT2D eigenvalue weighted by atomic mass is 10.1. The number of carbonyl (C=O) groups is 2. The second-order valence-corrected chi connectivity index (χ2v) is 11.1. The average molecular weight is 691 g/mol. The number of amidine groups is 2. The lowest BCUT2D eigenvalue weighted by Crippen LogP contribution is -2.36. The van der Waals surface area contributed by atoms with Gasteiger partial charge in [0.1, 0.15) is 24.3 Å². The van der Waals surface area contributed by atoms with E-state index < -0.39 is 5.97 Å². The maximum Gasteiger partial charge on any atom is 0.305 e. The summed E-state index contributed by atoms with van der Waals surface area (Å²) < 4.78 is 23.5. The second-order valence-electron chi connectivity index (χ2n) is 11.1. The van der Waals surface area contributed by atoms with E-state index in [1.807, 2.05) is 30.3 Å². The molecule has 50 heavy (non-hydrogen) atoms. The molecule has 0 saturated heterocycles. The molecule has 0 bridgehead atoms. The first-order valence-electron chi connectivity index (χ1n) is 16.5. The van der Waals surface area contributed by atoms with Gasteiger partial charge in [-0.05, 0) is 73.4 Å². The minimum absolute atomic E-state index is 0.00198. The Hall–Kier alpha value is -5.18. The third kappa shape index (κ3) is 14.9. The summed E-state index contributed by atoms with van der Waals surface area (Å²) in [7, 11) is 1.69. The molecule has 2 aromatic carbocycles. The summed E-state index contributed by atoms with van der Waals surface area (Å²) in [6, 6.07) is 16.1. The van der Waals surface area contributed by atoms with Gasteiger partial charge in [0.15, 0.2) is 0 Å². The van der Waals surface area contributed by atoms with Gasteiger partial charge in [0.2, 0.25) is 5.84 Å². The van der Waals surface area contributed by atoms with Crippen LogP contribution >= 0.6 is 0 Å². The molecule has 0 spiro atoms. The topological polar surface area (TPSA) is 194 Å². The molecule has 3 aromatic rings. The number of hydrogen-bond acceptors (Lipinski definition) is 10. The van der Waals surface area contributed by atoms with Gasteiger partial charge in [0.05, 0.1) is 53.1 Å². The smallest absolute Gasteiger partial charge is 0.305 e. The van der Waals surface area contributed by atoms with E-state index in [4.69, 9.17) is 35.2 Å². The van der Waals surface area contributed by atoms with Gasteiger partial charge in [-0.1, -0.05) is 19.1 Å². The van der Waals surface area contributed by atoms with Gasteiger partial charge in [-0.2, -0.15) is 5.41 Å². The molecular weight excluding hydrogens is 642 g/mol. The standard InChI is InChI=1S/C36H47N7O7/c1-27(42-36(46)29-8-7-9-30(24-29)40-25-33(37)43(2)35(38)32-14-16-39-26-41-32)28-10-12-31(13-11-28)50-18-6-4-3-5-17-47-20-22-49-23-21-48-19-15-34(44)45/h7-14,16,24,26,37-38,40H,1,3-6,15,17-23,25H2,2H3,(H2,42,44,45,46)/p+1. The molecule has 0 unspecified atom stereocenters. The molecule has 14 heteroatoms. The summed E-state index contributed by atoms with van der Waals surface area (Å²) >= 11 is 0. The number of benzene rings is 2. The maximum absolute atomic E-state index is 13.0. The van der Waals surface area contributed by atoms with Crippen molar-refractivity contribution in [2.45, 2.75) is 32.1 Å². The molecule has 3 rings (SSSR count). The third-order valence-corrected chi connectivity index (χ3v) is 7.31. The number of anilines is 1. The second kappa shape index (κ2) is 22.5. The van der Waals surface area contributed by atoms with Crippen molar-refractivity contribution in [3.05, 3.63) is 90.5 Å². The molecule has 6 N–H and O–H groups in total. The Morgan fingerprint density at radius 3 is 2.26 bits per heavy atom. The van der Waals surface area contributed by atoms with Crippen LogP contribution in [0.4, 0.5) is 5.69 Å². The number of hydrogen-bond donors (Lipinski definition) is 5. The summed E-state index contributed by atoms with van der Waals surface area (Å²) in [5.74, 6) is 0.123. The van der Waals surface area contributed by atoms with Crippen molar-refractivity contribution in [1.29, 1.82) is 5.41 Å². The molecule has 0 atom stereocenters. The van der Waals surface area contributed by atoms with E-state index >= 15 is 0 Å². The number of aliphatic carboxylic acids is 1. The molecular formula is C36H48N7O7+. The monoisotopic (exact) mass is 690 g/mol. The highest BCUT2D eigenvalue weighted by Crippen LogP contribution is 2.18. The number of nitrogens with zero attached hydrogens (tertiary/aromatic N) is 3. The zero-order valence-electron chi connectivity index (χ0n) is 28.6. The maximum atomic E-state index is 13.0. The Morgan fingerprint density at radius 2 is 1.58 bits per heavy atom. The number of aromatic nitrogens is 2. The van der Waals surface area contributed by atoms with Gasteiger partial charge in [0.25, 0.3) is 11.7 Å². The van der Waals surface area contributed by atoms with E-state index in [9.17, 15) is 9.59 Å². The molecule has 1 aromatic heterocycles. The number of nitrogens with two attached hydrogens (primary N) is 1. The fraction of sp³-hybridized carbons (Fsp3) is 0.389.